The van der Waals surface area contributed by atoms with Gasteiger partial charge in [0.15, 0.2) is 0 Å². The highest BCUT2D eigenvalue weighted by atomic mass is 15.4. The third-order valence-corrected chi connectivity index (χ3v) is 8.90. The fourth-order valence-corrected chi connectivity index (χ4v) is 5.68. The first kappa shape index (κ1) is 40.5. The predicted octanol–water partition coefficient (Wildman–Crippen LogP) is 7.79. The molecule has 0 saturated heterocycles. The molecule has 12 nitrogen and oxygen atoms in total. The third kappa shape index (κ3) is 12.7. The average Bonchev–Trinajstić information content (AvgIpc) is 3.14. The molecule has 12 heteroatoms. The number of rotatable bonds is 26. The minimum atomic E-state index is 0.602. The van der Waals surface area contributed by atoms with E-state index in [1.54, 1.807) is 0 Å². The minimum Gasteiger partial charge on any atom is -0.350 e. The van der Waals surface area contributed by atoms with Gasteiger partial charge in [-0.1, -0.05) is 77.6 Å². The molecule has 0 aliphatic heterocycles. The lowest BCUT2D eigenvalue weighted by atomic mass is 10.1. The van der Waals surface area contributed by atoms with E-state index in [0.717, 1.165) is 139 Å². The zero-order chi connectivity index (χ0) is 36.1. The highest BCUT2D eigenvalue weighted by Crippen LogP contribution is 2.21. The van der Waals surface area contributed by atoms with E-state index >= 15 is 0 Å². The van der Waals surface area contributed by atoms with Gasteiger partial charge in [-0.25, -0.2) is 0 Å². The molecule has 0 radical (unpaired) electrons. The number of nitrogens with zero attached hydrogens (tertiary/aromatic N) is 10. The van der Waals surface area contributed by atoms with Crippen molar-refractivity contribution in [3.63, 3.8) is 0 Å². The van der Waals surface area contributed by atoms with Gasteiger partial charge in [-0.2, -0.15) is 29.9 Å². The van der Waals surface area contributed by atoms with E-state index in [9.17, 15) is 0 Å². The van der Waals surface area contributed by atoms with Crippen molar-refractivity contribution in [3.05, 3.63) is 35.4 Å². The molecule has 0 atom stereocenters. The van der Waals surface area contributed by atoms with Gasteiger partial charge in [0.2, 0.25) is 35.7 Å². The van der Waals surface area contributed by atoms with Crippen LogP contribution < -0.4 is 30.2 Å². The molecule has 0 fully saturated rings. The maximum absolute atomic E-state index is 4.94. The Morgan fingerprint density at radius 3 is 1.06 bits per heavy atom. The van der Waals surface area contributed by atoms with Crippen LogP contribution in [0.4, 0.5) is 35.7 Å². The van der Waals surface area contributed by atoms with Gasteiger partial charge in [0.1, 0.15) is 0 Å². The van der Waals surface area contributed by atoms with Gasteiger partial charge < -0.3 is 30.2 Å². The highest BCUT2D eigenvalue weighted by Gasteiger charge is 2.18. The number of nitrogens with one attached hydrogen (secondary N) is 2. The number of hydrogen-bond acceptors (Lipinski definition) is 12. The first-order chi connectivity index (χ1) is 24.4. The standard InChI is InChI=1S/C38H66N12/c1-9-17-24-49(25-18-10-2)37-43-33(41-35(45-37)47(13-5)14-6)39-29-31-22-21-23-32(28-31)30-40-34-42-36(48(15-7)16-8)46-38(44-34)50(26-19-11-3)27-20-12-4/h21-23,28H,9-20,24-27,29-30H2,1-8H3,(H,39,41,43,45)(H,40,42,44,46). The van der Waals surface area contributed by atoms with Gasteiger partial charge in [0.25, 0.3) is 0 Å². The second kappa shape index (κ2) is 22.7. The monoisotopic (exact) mass is 691 g/mol. The molecule has 0 unspecified atom stereocenters. The van der Waals surface area contributed by atoms with Crippen molar-refractivity contribution in [1.29, 1.82) is 0 Å². The lowest BCUT2D eigenvalue weighted by Crippen LogP contribution is -2.30. The largest absolute Gasteiger partial charge is 0.350 e. The fourth-order valence-electron chi connectivity index (χ4n) is 5.68. The Hall–Kier alpha value is -3.96. The van der Waals surface area contributed by atoms with Crippen molar-refractivity contribution in [1.82, 2.24) is 29.9 Å². The van der Waals surface area contributed by atoms with Crippen molar-refractivity contribution < 1.29 is 0 Å². The zero-order valence-corrected chi connectivity index (χ0v) is 32.5. The first-order valence-electron chi connectivity index (χ1n) is 19.5. The van der Waals surface area contributed by atoms with Gasteiger partial charge in [0.05, 0.1) is 0 Å². The number of hydrogen-bond donors (Lipinski definition) is 2. The topological polar surface area (TPSA) is 114 Å². The average molecular weight is 691 g/mol. The van der Waals surface area contributed by atoms with Crippen LogP contribution in [-0.4, -0.2) is 82.3 Å². The summed E-state index contributed by atoms with van der Waals surface area (Å²) in [5.74, 6) is 4.18. The molecule has 0 bridgehead atoms. The quantitative estimate of drug-likeness (QED) is 0.0857. The van der Waals surface area contributed by atoms with Gasteiger partial charge in [0, 0.05) is 65.4 Å². The molecule has 50 heavy (non-hydrogen) atoms. The van der Waals surface area contributed by atoms with E-state index in [4.69, 9.17) is 29.9 Å². The Bertz CT molecular complexity index is 1250. The molecule has 0 saturated carbocycles. The summed E-state index contributed by atoms with van der Waals surface area (Å²) in [7, 11) is 0. The molecule has 0 aliphatic rings. The van der Waals surface area contributed by atoms with E-state index in [0.29, 0.717) is 25.0 Å². The summed E-state index contributed by atoms with van der Waals surface area (Å²) in [6.45, 7) is 25.8. The van der Waals surface area contributed by atoms with Crippen molar-refractivity contribution >= 4 is 35.7 Å². The Kier molecular flexibility index (Phi) is 18.4. The van der Waals surface area contributed by atoms with Gasteiger partial charge in [-0.05, 0) is 64.5 Å². The molecule has 3 aromatic rings. The van der Waals surface area contributed by atoms with Crippen molar-refractivity contribution in [2.45, 2.75) is 120 Å². The smallest absolute Gasteiger partial charge is 0.231 e. The summed E-state index contributed by atoms with van der Waals surface area (Å²) in [5, 5.41) is 7.04. The van der Waals surface area contributed by atoms with Crippen LogP contribution >= 0.6 is 0 Å². The summed E-state index contributed by atoms with van der Waals surface area (Å²) in [4.78, 5) is 38.4. The SMILES string of the molecule is CCCCN(CCCC)c1nc(NCc2cccc(CNc3nc(N(CC)CC)nc(N(CCCC)CCCC)n3)c2)nc(N(CC)CC)n1. The minimum absolute atomic E-state index is 0.602. The molecule has 0 spiro atoms. The highest BCUT2D eigenvalue weighted by molar-refractivity contribution is 5.47. The van der Waals surface area contributed by atoms with Crippen molar-refractivity contribution in [3.8, 4) is 0 Å². The maximum atomic E-state index is 4.94. The Balaban J connectivity index is 1.81. The number of benzene rings is 1. The molecule has 0 aliphatic carbocycles. The zero-order valence-electron chi connectivity index (χ0n) is 32.5. The maximum Gasteiger partial charge on any atom is 0.231 e. The Morgan fingerprint density at radius 1 is 0.440 bits per heavy atom. The third-order valence-electron chi connectivity index (χ3n) is 8.90. The molecular weight excluding hydrogens is 625 g/mol. The van der Waals surface area contributed by atoms with E-state index < -0.39 is 0 Å². The summed E-state index contributed by atoms with van der Waals surface area (Å²) in [5.41, 5.74) is 2.30. The summed E-state index contributed by atoms with van der Waals surface area (Å²) < 4.78 is 0. The second-order valence-corrected chi connectivity index (χ2v) is 12.8. The normalized spacial score (nSPS) is 11.0. The number of anilines is 6. The van der Waals surface area contributed by atoms with Gasteiger partial charge >= 0.3 is 0 Å². The molecule has 278 valence electrons. The molecular formula is C38H66N12. The van der Waals surface area contributed by atoms with E-state index in [1.165, 1.54) is 0 Å². The van der Waals surface area contributed by atoms with Crippen LogP contribution in [0.2, 0.25) is 0 Å². The van der Waals surface area contributed by atoms with Gasteiger partial charge in [-0.3, -0.25) is 0 Å². The van der Waals surface area contributed by atoms with Crippen LogP contribution in [0.3, 0.4) is 0 Å². The van der Waals surface area contributed by atoms with E-state index in [-0.39, 0.29) is 0 Å². The molecule has 2 heterocycles. The van der Waals surface area contributed by atoms with E-state index in [2.05, 4.69) is 110 Å². The van der Waals surface area contributed by atoms with Gasteiger partial charge in [-0.15, -0.1) is 0 Å². The molecule has 0 amide bonds. The van der Waals surface area contributed by atoms with E-state index in [1.807, 2.05) is 0 Å². The number of aromatic nitrogens is 6. The number of unbranched alkanes of at least 4 members (excludes halogenated alkanes) is 4. The van der Waals surface area contributed by atoms with Crippen LogP contribution in [-0.2, 0) is 13.1 Å². The Morgan fingerprint density at radius 2 is 0.760 bits per heavy atom. The summed E-state index contributed by atoms with van der Waals surface area (Å²) in [6, 6.07) is 8.59. The van der Waals surface area contributed by atoms with Crippen LogP contribution in [0.15, 0.2) is 24.3 Å². The fraction of sp³-hybridized carbons (Fsp3) is 0.684. The van der Waals surface area contributed by atoms with Crippen LogP contribution in [0, 0.1) is 0 Å². The summed E-state index contributed by atoms with van der Waals surface area (Å²) in [6.07, 6.45) is 8.97. The van der Waals surface area contributed by atoms with Crippen molar-refractivity contribution in [2.24, 2.45) is 0 Å². The van der Waals surface area contributed by atoms with Crippen LogP contribution in [0.5, 0.6) is 0 Å². The predicted molar refractivity (Wildman–Crippen MR) is 212 cm³/mol. The van der Waals surface area contributed by atoms with Crippen LogP contribution in [0.1, 0.15) is 118 Å². The lowest BCUT2D eigenvalue weighted by Gasteiger charge is -2.25. The molecule has 3 rings (SSSR count). The van der Waals surface area contributed by atoms with Crippen molar-refractivity contribution in [2.75, 3.05) is 82.6 Å². The Labute approximate surface area is 302 Å². The molecule has 2 aromatic heterocycles. The molecule has 1 aromatic carbocycles. The second-order valence-electron chi connectivity index (χ2n) is 12.8. The first-order valence-corrected chi connectivity index (χ1v) is 19.5. The molecule has 2 N–H and O–H groups in total. The lowest BCUT2D eigenvalue weighted by molar-refractivity contribution is 0.659. The van der Waals surface area contributed by atoms with Crippen LogP contribution in [0.25, 0.3) is 0 Å². The summed E-state index contributed by atoms with van der Waals surface area (Å²) >= 11 is 0.